The zero-order chi connectivity index (χ0) is 16.3. The number of hydrogen-bond donors (Lipinski definition) is 0. The van der Waals surface area contributed by atoms with Gasteiger partial charge in [-0.15, -0.1) is 11.3 Å². The minimum Gasteiger partial charge on any atom is -0.135 e. The Morgan fingerprint density at radius 3 is 1.55 bits per heavy atom. The van der Waals surface area contributed by atoms with Gasteiger partial charge in [-0.25, -0.2) is 0 Å². The van der Waals surface area contributed by atoms with Crippen molar-refractivity contribution in [1.29, 1.82) is 0 Å². The first-order valence-electron chi connectivity index (χ1n) is 8.22. The van der Waals surface area contributed by atoms with Gasteiger partial charge in [-0.2, -0.15) is 0 Å². The molecule has 0 fully saturated rings. The van der Waals surface area contributed by atoms with Crippen molar-refractivity contribution in [2.24, 2.45) is 0 Å². The van der Waals surface area contributed by atoms with Crippen LogP contribution in [0.25, 0.3) is 20.2 Å². The standard InChI is InChI=1S/C21H26S/c1-9-17-13(5)12(4)16(8)21-19(17)18-14(6)10(2)11(3)15(7)20(18)22-21/h9H2,1-8H3. The molecule has 0 spiro atoms. The third kappa shape index (κ3) is 1.81. The molecule has 0 unspecified atom stereocenters. The Morgan fingerprint density at radius 2 is 1.00 bits per heavy atom. The van der Waals surface area contributed by atoms with Crippen LogP contribution >= 0.6 is 11.3 Å². The normalized spacial score (nSPS) is 11.8. The zero-order valence-corrected chi connectivity index (χ0v) is 15.9. The molecule has 1 aromatic heterocycles. The minimum atomic E-state index is 1.11. The molecule has 0 atom stereocenters. The summed E-state index contributed by atoms with van der Waals surface area (Å²) in [6.07, 6.45) is 1.11. The van der Waals surface area contributed by atoms with Crippen molar-refractivity contribution in [3.05, 3.63) is 44.5 Å². The highest BCUT2D eigenvalue weighted by Crippen LogP contribution is 2.45. The number of benzene rings is 2. The van der Waals surface area contributed by atoms with E-state index in [0.717, 1.165) is 6.42 Å². The number of hydrogen-bond acceptors (Lipinski definition) is 1. The summed E-state index contributed by atoms with van der Waals surface area (Å²) in [5, 5.41) is 3.05. The van der Waals surface area contributed by atoms with Crippen LogP contribution < -0.4 is 0 Å². The van der Waals surface area contributed by atoms with Gasteiger partial charge in [0.2, 0.25) is 0 Å². The molecule has 3 aromatic rings. The van der Waals surface area contributed by atoms with E-state index in [9.17, 15) is 0 Å². The van der Waals surface area contributed by atoms with Crippen LogP contribution in [0.5, 0.6) is 0 Å². The average Bonchev–Trinajstić information content (AvgIpc) is 2.90. The van der Waals surface area contributed by atoms with Crippen molar-refractivity contribution >= 4 is 31.5 Å². The fourth-order valence-corrected chi connectivity index (χ4v) is 5.33. The molecule has 0 radical (unpaired) electrons. The van der Waals surface area contributed by atoms with Gasteiger partial charge < -0.3 is 0 Å². The fourth-order valence-electron chi connectivity index (χ4n) is 3.83. The molecule has 1 heterocycles. The van der Waals surface area contributed by atoms with Crippen LogP contribution in [0, 0.1) is 48.5 Å². The first kappa shape index (κ1) is 15.6. The number of rotatable bonds is 1. The van der Waals surface area contributed by atoms with E-state index in [1.165, 1.54) is 59.1 Å². The van der Waals surface area contributed by atoms with Crippen molar-refractivity contribution in [2.45, 2.75) is 61.8 Å². The second-order valence-electron chi connectivity index (χ2n) is 6.72. The largest absolute Gasteiger partial charge is 0.135 e. The van der Waals surface area contributed by atoms with E-state index in [1.54, 1.807) is 5.56 Å². The van der Waals surface area contributed by atoms with Gasteiger partial charge in [0.1, 0.15) is 0 Å². The van der Waals surface area contributed by atoms with E-state index < -0.39 is 0 Å². The second-order valence-corrected chi connectivity index (χ2v) is 7.74. The third-order valence-electron chi connectivity index (χ3n) is 5.88. The Bertz CT molecular complexity index is 923. The van der Waals surface area contributed by atoms with Crippen LogP contribution in [-0.4, -0.2) is 0 Å². The van der Waals surface area contributed by atoms with Gasteiger partial charge in [-0.05, 0) is 99.4 Å². The quantitative estimate of drug-likeness (QED) is 0.465. The lowest BCUT2D eigenvalue weighted by Crippen LogP contribution is -1.96. The lowest BCUT2D eigenvalue weighted by Gasteiger charge is -2.15. The molecule has 0 nitrogen and oxygen atoms in total. The van der Waals surface area contributed by atoms with Gasteiger partial charge in [0, 0.05) is 20.2 Å². The van der Waals surface area contributed by atoms with Crippen LogP contribution in [0.1, 0.15) is 51.4 Å². The maximum atomic E-state index is 2.31. The highest BCUT2D eigenvalue weighted by atomic mass is 32.1. The summed E-state index contributed by atoms with van der Waals surface area (Å²) in [6.45, 7) is 18.3. The van der Waals surface area contributed by atoms with Gasteiger partial charge in [-0.1, -0.05) is 6.92 Å². The maximum absolute atomic E-state index is 2.31. The number of thiophene rings is 1. The number of fused-ring (bicyclic) bond motifs is 3. The predicted molar refractivity (Wildman–Crippen MR) is 102 cm³/mol. The van der Waals surface area contributed by atoms with Crippen molar-refractivity contribution < 1.29 is 0 Å². The van der Waals surface area contributed by atoms with Crippen LogP contribution in [0.15, 0.2) is 0 Å². The first-order chi connectivity index (χ1) is 10.3. The molecule has 0 aliphatic rings. The summed E-state index contributed by atoms with van der Waals surface area (Å²) in [6, 6.07) is 0. The van der Waals surface area contributed by atoms with E-state index in [0.29, 0.717) is 0 Å². The molecule has 0 aliphatic carbocycles. The highest BCUT2D eigenvalue weighted by Gasteiger charge is 2.20. The van der Waals surface area contributed by atoms with Crippen molar-refractivity contribution in [3.8, 4) is 0 Å². The van der Waals surface area contributed by atoms with Crippen molar-refractivity contribution in [3.63, 3.8) is 0 Å². The SMILES string of the molecule is CCc1c(C)c(C)c(C)c2sc3c(C)c(C)c(C)c(C)c3c12. The summed E-state index contributed by atoms with van der Waals surface area (Å²) in [5.41, 5.74) is 11.8. The van der Waals surface area contributed by atoms with Crippen LogP contribution in [0.4, 0.5) is 0 Å². The Kier molecular flexibility index (Phi) is 3.60. The number of aryl methyl sites for hydroxylation is 4. The van der Waals surface area contributed by atoms with Gasteiger partial charge in [0.25, 0.3) is 0 Å². The Morgan fingerprint density at radius 1 is 0.545 bits per heavy atom. The topological polar surface area (TPSA) is 0 Å². The molecule has 3 rings (SSSR count). The van der Waals surface area contributed by atoms with Gasteiger partial charge in [0.05, 0.1) is 0 Å². The average molecular weight is 311 g/mol. The van der Waals surface area contributed by atoms with E-state index in [1.807, 2.05) is 11.3 Å². The first-order valence-corrected chi connectivity index (χ1v) is 9.04. The van der Waals surface area contributed by atoms with E-state index in [-0.39, 0.29) is 0 Å². The molecule has 116 valence electrons. The monoisotopic (exact) mass is 310 g/mol. The molecule has 2 aromatic carbocycles. The molecule has 0 saturated carbocycles. The Balaban J connectivity index is 2.73. The van der Waals surface area contributed by atoms with Gasteiger partial charge in [0.15, 0.2) is 0 Å². The molecule has 0 aliphatic heterocycles. The molecular formula is C21H26S. The fraction of sp³-hybridized carbons (Fsp3) is 0.429. The molecule has 0 saturated heterocycles. The summed E-state index contributed by atoms with van der Waals surface area (Å²) in [5.74, 6) is 0. The summed E-state index contributed by atoms with van der Waals surface area (Å²) >= 11 is 2.00. The molecule has 1 heteroatoms. The molecular weight excluding hydrogens is 284 g/mol. The van der Waals surface area contributed by atoms with Gasteiger partial charge in [-0.3, -0.25) is 0 Å². The summed E-state index contributed by atoms with van der Waals surface area (Å²) in [7, 11) is 0. The van der Waals surface area contributed by atoms with Crippen molar-refractivity contribution in [1.82, 2.24) is 0 Å². The predicted octanol–water partition coefficient (Wildman–Crippen LogP) is 6.78. The van der Waals surface area contributed by atoms with E-state index in [2.05, 4.69) is 55.4 Å². The molecule has 22 heavy (non-hydrogen) atoms. The van der Waals surface area contributed by atoms with Gasteiger partial charge >= 0.3 is 0 Å². The van der Waals surface area contributed by atoms with Crippen LogP contribution in [-0.2, 0) is 6.42 Å². The smallest absolute Gasteiger partial charge is 0.0390 e. The van der Waals surface area contributed by atoms with Crippen molar-refractivity contribution in [2.75, 3.05) is 0 Å². The second kappa shape index (κ2) is 5.09. The summed E-state index contributed by atoms with van der Waals surface area (Å²) < 4.78 is 3.00. The Labute approximate surface area is 138 Å². The molecule has 0 N–H and O–H groups in total. The molecule has 0 amide bonds. The molecule has 0 bridgehead atoms. The lowest BCUT2D eigenvalue weighted by atomic mass is 9.89. The third-order valence-corrected chi connectivity index (χ3v) is 7.31. The highest BCUT2D eigenvalue weighted by molar-refractivity contribution is 7.26. The summed E-state index contributed by atoms with van der Waals surface area (Å²) in [4.78, 5) is 0. The Hall–Kier alpha value is -1.34. The minimum absolute atomic E-state index is 1.11. The maximum Gasteiger partial charge on any atom is 0.0390 e. The van der Waals surface area contributed by atoms with E-state index >= 15 is 0 Å². The lowest BCUT2D eigenvalue weighted by molar-refractivity contribution is 1.11. The van der Waals surface area contributed by atoms with E-state index in [4.69, 9.17) is 0 Å². The zero-order valence-electron chi connectivity index (χ0n) is 15.1. The van der Waals surface area contributed by atoms with Crippen LogP contribution in [0.3, 0.4) is 0 Å². The van der Waals surface area contributed by atoms with Crippen LogP contribution in [0.2, 0.25) is 0 Å².